The van der Waals surface area contributed by atoms with Crippen LogP contribution < -0.4 is 0 Å². The summed E-state index contributed by atoms with van der Waals surface area (Å²) in [5.74, 6) is -0.0134. The van der Waals surface area contributed by atoms with Crippen molar-refractivity contribution in [3.63, 3.8) is 0 Å². The molecule has 0 saturated carbocycles. The molecule has 0 unspecified atom stereocenters. The van der Waals surface area contributed by atoms with E-state index in [2.05, 4.69) is 15.0 Å². The number of aromatic nitrogens is 4. The second-order valence-electron chi connectivity index (χ2n) is 4.40. The maximum Gasteiger partial charge on any atom is 0.180 e. The first-order valence-corrected chi connectivity index (χ1v) is 6.77. The fraction of sp³-hybridized carbons (Fsp3) is 0.0714. The van der Waals surface area contributed by atoms with Crippen LogP contribution in [0.1, 0.15) is 0 Å². The zero-order valence-electron chi connectivity index (χ0n) is 10.9. The number of hydrogen-bond acceptors (Lipinski definition) is 3. The molecule has 0 aliphatic carbocycles. The number of benzene rings is 1. The Morgan fingerprint density at radius 3 is 2.43 bits per heavy atom. The quantitative estimate of drug-likeness (QED) is 0.670. The maximum atomic E-state index is 13.3. The van der Waals surface area contributed by atoms with Crippen LogP contribution in [0.5, 0.6) is 0 Å². The Balaban J connectivity index is 2.15. The lowest BCUT2D eigenvalue weighted by molar-refractivity contribution is 0.628. The van der Waals surface area contributed by atoms with Crippen LogP contribution >= 0.6 is 23.2 Å². The number of rotatable bonds is 2. The van der Waals surface area contributed by atoms with Crippen LogP contribution in [-0.4, -0.2) is 19.5 Å². The first-order chi connectivity index (χ1) is 10.1. The van der Waals surface area contributed by atoms with Gasteiger partial charge in [0.15, 0.2) is 5.82 Å². The van der Waals surface area contributed by atoms with Crippen molar-refractivity contribution in [2.75, 3.05) is 0 Å². The molecule has 1 aromatic carbocycles. The Morgan fingerprint density at radius 2 is 1.86 bits per heavy atom. The zero-order valence-corrected chi connectivity index (χ0v) is 12.4. The minimum Gasteiger partial charge on any atom is -0.331 e. The van der Waals surface area contributed by atoms with Gasteiger partial charge in [-0.05, 0) is 17.7 Å². The van der Waals surface area contributed by atoms with Crippen LogP contribution in [0.4, 0.5) is 4.39 Å². The van der Waals surface area contributed by atoms with Crippen LogP contribution in [0.2, 0.25) is 10.3 Å². The molecule has 0 saturated heterocycles. The minimum atomic E-state index is -0.379. The van der Waals surface area contributed by atoms with E-state index in [9.17, 15) is 4.39 Å². The topological polar surface area (TPSA) is 43.6 Å². The summed E-state index contributed by atoms with van der Waals surface area (Å²) in [6, 6.07) is 5.95. The fourth-order valence-corrected chi connectivity index (χ4v) is 2.58. The lowest BCUT2D eigenvalue weighted by Gasteiger charge is -2.09. The van der Waals surface area contributed by atoms with Crippen LogP contribution in [0, 0.1) is 5.82 Å². The molecule has 0 amide bonds. The van der Waals surface area contributed by atoms with Gasteiger partial charge >= 0.3 is 0 Å². The van der Waals surface area contributed by atoms with E-state index in [-0.39, 0.29) is 16.1 Å². The van der Waals surface area contributed by atoms with E-state index in [0.717, 1.165) is 0 Å². The van der Waals surface area contributed by atoms with Crippen molar-refractivity contribution >= 4 is 23.2 Å². The number of aryl methyl sites for hydroxylation is 1. The maximum absolute atomic E-state index is 13.3. The van der Waals surface area contributed by atoms with Gasteiger partial charge in [0, 0.05) is 7.05 Å². The van der Waals surface area contributed by atoms with Gasteiger partial charge in [0.1, 0.15) is 21.8 Å². The lowest BCUT2D eigenvalue weighted by atomic mass is 10.1. The summed E-state index contributed by atoms with van der Waals surface area (Å²) in [6.07, 6.45) is 3.24. The molecule has 3 aromatic rings. The molecule has 0 N–H and O–H groups in total. The third kappa shape index (κ3) is 2.62. The van der Waals surface area contributed by atoms with Crippen molar-refractivity contribution in [1.29, 1.82) is 0 Å². The summed E-state index contributed by atoms with van der Waals surface area (Å²) in [5.41, 5.74) is 1.62. The number of imidazole rings is 1. The van der Waals surface area contributed by atoms with E-state index in [1.54, 1.807) is 29.2 Å². The zero-order chi connectivity index (χ0) is 15.0. The van der Waals surface area contributed by atoms with Gasteiger partial charge in [-0.2, -0.15) is 0 Å². The lowest BCUT2D eigenvalue weighted by Crippen LogP contribution is -1.98. The summed E-state index contributed by atoms with van der Waals surface area (Å²) < 4.78 is 15.1. The predicted molar refractivity (Wildman–Crippen MR) is 79.6 cm³/mol. The molecule has 7 heteroatoms. The molecule has 0 aliphatic rings. The number of halogens is 3. The summed E-state index contributed by atoms with van der Waals surface area (Å²) >= 11 is 12.4. The summed E-state index contributed by atoms with van der Waals surface area (Å²) in [4.78, 5) is 12.5. The Kier molecular flexibility index (Phi) is 3.61. The van der Waals surface area contributed by atoms with Crippen LogP contribution in [-0.2, 0) is 7.05 Å². The molecule has 2 heterocycles. The molecule has 4 nitrogen and oxygen atoms in total. The van der Waals surface area contributed by atoms with Gasteiger partial charge in [-0.3, -0.25) is 0 Å². The Hall–Kier alpha value is -1.98. The van der Waals surface area contributed by atoms with Gasteiger partial charge in [0.05, 0.1) is 18.1 Å². The van der Waals surface area contributed by atoms with Gasteiger partial charge in [0.25, 0.3) is 0 Å². The van der Waals surface area contributed by atoms with Gasteiger partial charge < -0.3 is 4.57 Å². The molecule has 106 valence electrons. The predicted octanol–water partition coefficient (Wildman–Crippen LogP) is 3.99. The SMILES string of the molecule is Cn1cncc1-c1nc(Cl)c(-c2cccc(F)c2)c(Cl)n1. The average Bonchev–Trinajstić information content (AvgIpc) is 2.84. The molecule has 0 aliphatic heterocycles. The highest BCUT2D eigenvalue weighted by molar-refractivity contribution is 6.37. The van der Waals surface area contributed by atoms with Gasteiger partial charge in [-0.25, -0.2) is 19.3 Å². The third-order valence-electron chi connectivity index (χ3n) is 2.98. The smallest absolute Gasteiger partial charge is 0.180 e. The first kappa shape index (κ1) is 14.0. The third-order valence-corrected chi connectivity index (χ3v) is 3.53. The minimum absolute atomic E-state index is 0.164. The summed E-state index contributed by atoms with van der Waals surface area (Å²) in [7, 11) is 1.81. The average molecular weight is 323 g/mol. The largest absolute Gasteiger partial charge is 0.331 e. The second kappa shape index (κ2) is 5.42. The van der Waals surface area contributed by atoms with Crippen LogP contribution in [0.3, 0.4) is 0 Å². The van der Waals surface area contributed by atoms with E-state index in [0.29, 0.717) is 22.6 Å². The van der Waals surface area contributed by atoms with Gasteiger partial charge in [-0.15, -0.1) is 0 Å². The Morgan fingerprint density at radius 1 is 1.14 bits per heavy atom. The molecule has 0 bridgehead atoms. The van der Waals surface area contributed by atoms with Gasteiger partial charge in [0.2, 0.25) is 0 Å². The van der Waals surface area contributed by atoms with Crippen LogP contribution in [0.25, 0.3) is 22.6 Å². The monoisotopic (exact) mass is 322 g/mol. The van der Waals surface area contributed by atoms with Crippen LogP contribution in [0.15, 0.2) is 36.8 Å². The Labute approximate surface area is 130 Å². The molecule has 0 spiro atoms. The fourth-order valence-electron chi connectivity index (χ4n) is 1.98. The molecule has 2 aromatic heterocycles. The van der Waals surface area contributed by atoms with Crippen molar-refractivity contribution in [2.24, 2.45) is 7.05 Å². The van der Waals surface area contributed by atoms with E-state index >= 15 is 0 Å². The summed E-state index contributed by atoms with van der Waals surface area (Å²) in [6.45, 7) is 0. The highest BCUT2D eigenvalue weighted by Gasteiger charge is 2.16. The molecule has 0 atom stereocenters. The highest BCUT2D eigenvalue weighted by Crippen LogP contribution is 2.34. The molecular formula is C14H9Cl2FN4. The molecule has 21 heavy (non-hydrogen) atoms. The van der Waals surface area contributed by atoms with E-state index < -0.39 is 0 Å². The molecule has 0 fully saturated rings. The van der Waals surface area contributed by atoms with E-state index in [4.69, 9.17) is 23.2 Å². The Bertz CT molecular complexity index is 793. The van der Waals surface area contributed by atoms with Crippen molar-refractivity contribution < 1.29 is 4.39 Å². The van der Waals surface area contributed by atoms with Gasteiger partial charge in [-0.1, -0.05) is 35.3 Å². The van der Waals surface area contributed by atoms with Crippen molar-refractivity contribution in [3.8, 4) is 22.6 Å². The normalized spacial score (nSPS) is 10.9. The number of hydrogen-bond donors (Lipinski definition) is 0. The van der Waals surface area contributed by atoms with E-state index in [1.165, 1.54) is 12.1 Å². The molecular weight excluding hydrogens is 314 g/mol. The molecule has 0 radical (unpaired) electrons. The first-order valence-electron chi connectivity index (χ1n) is 6.02. The second-order valence-corrected chi connectivity index (χ2v) is 5.12. The van der Waals surface area contributed by atoms with E-state index in [1.807, 2.05) is 7.05 Å². The van der Waals surface area contributed by atoms with Crippen molar-refractivity contribution in [1.82, 2.24) is 19.5 Å². The van der Waals surface area contributed by atoms with Crippen molar-refractivity contribution in [3.05, 3.63) is 52.9 Å². The van der Waals surface area contributed by atoms with Crippen molar-refractivity contribution in [2.45, 2.75) is 0 Å². The highest BCUT2D eigenvalue weighted by atomic mass is 35.5. The summed E-state index contributed by atoms with van der Waals surface area (Å²) in [5, 5.41) is 0.327. The number of nitrogens with zero attached hydrogens (tertiary/aromatic N) is 4. The molecule has 3 rings (SSSR count). The standard InChI is InChI=1S/C14H9Cl2FN4/c1-21-7-18-6-10(21)14-19-12(15)11(13(16)20-14)8-3-2-4-9(17)5-8/h2-7H,1H3.